The van der Waals surface area contributed by atoms with Gasteiger partial charge in [0.15, 0.2) is 0 Å². The average molecular weight is 314 g/mol. The normalized spacial score (nSPS) is 12.6. The molecule has 0 amide bonds. The Morgan fingerprint density at radius 2 is 2.00 bits per heavy atom. The summed E-state index contributed by atoms with van der Waals surface area (Å²) in [6, 6.07) is 7.42. The maximum atomic E-state index is 6.26. The number of hydrogen-bond acceptors (Lipinski definition) is 3. The molecule has 0 saturated heterocycles. The fourth-order valence-corrected chi connectivity index (χ4v) is 2.47. The Hall–Kier alpha value is -1.07. The molecule has 0 aliphatic heterocycles. The van der Waals surface area contributed by atoms with Crippen LogP contribution in [0.25, 0.3) is 0 Å². The Bertz CT molecular complexity index is 554. The quantitative estimate of drug-likeness (QED) is 0.891. The lowest BCUT2D eigenvalue weighted by atomic mass is 10.0. The zero-order valence-electron chi connectivity index (χ0n) is 11.2. The third kappa shape index (κ3) is 3.73. The van der Waals surface area contributed by atoms with Crippen LogP contribution in [-0.2, 0) is 17.7 Å². The summed E-state index contributed by atoms with van der Waals surface area (Å²) in [5.74, 6) is 0. The van der Waals surface area contributed by atoms with Crippen molar-refractivity contribution >= 4 is 23.2 Å². The van der Waals surface area contributed by atoms with E-state index in [-0.39, 0.29) is 6.04 Å². The highest BCUT2D eigenvalue weighted by molar-refractivity contribution is 6.31. The Balaban J connectivity index is 2.13. The summed E-state index contributed by atoms with van der Waals surface area (Å²) in [6.07, 6.45) is 2.30. The van der Waals surface area contributed by atoms with E-state index in [0.717, 1.165) is 11.3 Å². The van der Waals surface area contributed by atoms with Crippen LogP contribution in [0.1, 0.15) is 17.3 Å². The topological polar surface area (TPSA) is 53.1 Å². The van der Waals surface area contributed by atoms with E-state index in [9.17, 15) is 0 Å². The van der Waals surface area contributed by atoms with Gasteiger partial charge in [-0.15, -0.1) is 0 Å². The lowest BCUT2D eigenvalue weighted by Gasteiger charge is -2.15. The third-order valence-corrected chi connectivity index (χ3v) is 3.60. The molecule has 2 rings (SSSR count). The van der Waals surface area contributed by atoms with E-state index < -0.39 is 0 Å². The summed E-state index contributed by atoms with van der Waals surface area (Å²) in [5.41, 5.74) is 8.20. The maximum absolute atomic E-state index is 6.26. The molecule has 0 radical (unpaired) electrons. The number of rotatable bonds is 6. The highest BCUT2D eigenvalue weighted by atomic mass is 35.5. The van der Waals surface area contributed by atoms with E-state index in [1.807, 2.05) is 24.3 Å². The van der Waals surface area contributed by atoms with Crippen LogP contribution in [0.3, 0.4) is 0 Å². The Morgan fingerprint density at radius 3 is 2.65 bits per heavy atom. The third-order valence-electron chi connectivity index (χ3n) is 3.06. The summed E-state index contributed by atoms with van der Waals surface area (Å²) in [7, 11) is 1.65. The van der Waals surface area contributed by atoms with Crippen LogP contribution >= 0.6 is 23.2 Å². The van der Waals surface area contributed by atoms with Crippen LogP contribution < -0.4 is 5.73 Å². The van der Waals surface area contributed by atoms with E-state index >= 15 is 0 Å². The first-order valence-corrected chi connectivity index (χ1v) is 7.07. The minimum Gasteiger partial charge on any atom is -0.383 e. The van der Waals surface area contributed by atoms with E-state index in [0.29, 0.717) is 29.6 Å². The first-order valence-electron chi connectivity index (χ1n) is 6.32. The zero-order chi connectivity index (χ0) is 14.5. The van der Waals surface area contributed by atoms with Gasteiger partial charge >= 0.3 is 0 Å². The van der Waals surface area contributed by atoms with E-state index in [4.69, 9.17) is 33.7 Å². The molecule has 1 atom stereocenters. The fraction of sp³-hybridized carbons (Fsp3) is 0.357. The minimum absolute atomic E-state index is 0.219. The second-order valence-corrected chi connectivity index (χ2v) is 5.37. The van der Waals surface area contributed by atoms with Crippen molar-refractivity contribution < 1.29 is 4.74 Å². The van der Waals surface area contributed by atoms with Crippen molar-refractivity contribution in [3.05, 3.63) is 51.8 Å². The number of benzene rings is 1. The molecule has 2 N–H and O–H groups in total. The molecule has 1 aromatic heterocycles. The van der Waals surface area contributed by atoms with E-state index in [2.05, 4.69) is 5.10 Å². The van der Waals surface area contributed by atoms with Crippen molar-refractivity contribution in [1.29, 1.82) is 0 Å². The highest BCUT2D eigenvalue weighted by Gasteiger charge is 2.17. The Kier molecular flexibility index (Phi) is 5.43. The second kappa shape index (κ2) is 7.09. The first kappa shape index (κ1) is 15.3. The summed E-state index contributed by atoms with van der Waals surface area (Å²) >= 11 is 12.1. The molecule has 0 aliphatic rings. The SMILES string of the molecule is COCCn1ncc(Cl)c1C(N)Cc1ccc(Cl)cc1. The highest BCUT2D eigenvalue weighted by Crippen LogP contribution is 2.24. The van der Waals surface area contributed by atoms with Crippen LogP contribution in [0, 0.1) is 0 Å². The zero-order valence-corrected chi connectivity index (χ0v) is 12.7. The molecule has 0 fully saturated rings. The van der Waals surface area contributed by atoms with Gasteiger partial charge in [-0.05, 0) is 24.1 Å². The van der Waals surface area contributed by atoms with Gasteiger partial charge in [0, 0.05) is 12.1 Å². The van der Waals surface area contributed by atoms with Crippen LogP contribution in [0.5, 0.6) is 0 Å². The molecule has 0 spiro atoms. The monoisotopic (exact) mass is 313 g/mol. The molecule has 1 heterocycles. The van der Waals surface area contributed by atoms with Gasteiger partial charge in [-0.3, -0.25) is 4.68 Å². The summed E-state index contributed by atoms with van der Waals surface area (Å²) < 4.78 is 6.86. The number of methoxy groups -OCH3 is 1. The average Bonchev–Trinajstić information content (AvgIpc) is 2.80. The van der Waals surface area contributed by atoms with Gasteiger partial charge in [-0.1, -0.05) is 35.3 Å². The van der Waals surface area contributed by atoms with Crippen molar-refractivity contribution in [2.45, 2.75) is 19.0 Å². The lowest BCUT2D eigenvalue weighted by molar-refractivity contribution is 0.182. The van der Waals surface area contributed by atoms with Crippen molar-refractivity contribution in [3.63, 3.8) is 0 Å². The number of nitrogens with two attached hydrogens (primary N) is 1. The number of nitrogens with zero attached hydrogens (tertiary/aromatic N) is 2. The van der Waals surface area contributed by atoms with Gasteiger partial charge in [0.05, 0.1) is 36.1 Å². The van der Waals surface area contributed by atoms with E-state index in [1.54, 1.807) is 18.0 Å². The standard InChI is InChI=1S/C14H17Cl2N3O/c1-20-7-6-19-14(12(16)9-18-19)13(17)8-10-2-4-11(15)5-3-10/h2-5,9,13H,6-8,17H2,1H3. The predicted octanol–water partition coefficient (Wildman–Crippen LogP) is 3.08. The number of ether oxygens (including phenoxy) is 1. The summed E-state index contributed by atoms with van der Waals surface area (Å²) in [4.78, 5) is 0. The lowest BCUT2D eigenvalue weighted by Crippen LogP contribution is -2.20. The Morgan fingerprint density at radius 1 is 1.30 bits per heavy atom. The van der Waals surface area contributed by atoms with Crippen molar-refractivity contribution in [2.24, 2.45) is 5.73 Å². The summed E-state index contributed by atoms with van der Waals surface area (Å²) in [5, 5.41) is 5.53. The molecular weight excluding hydrogens is 297 g/mol. The van der Waals surface area contributed by atoms with Gasteiger partial charge in [0.25, 0.3) is 0 Å². The molecule has 4 nitrogen and oxygen atoms in total. The van der Waals surface area contributed by atoms with E-state index in [1.165, 1.54) is 0 Å². The van der Waals surface area contributed by atoms with Gasteiger partial charge in [0.1, 0.15) is 0 Å². The maximum Gasteiger partial charge on any atom is 0.0834 e. The predicted molar refractivity (Wildman–Crippen MR) is 81.2 cm³/mol. The van der Waals surface area contributed by atoms with Crippen LogP contribution in [0.15, 0.2) is 30.5 Å². The Labute approximate surface area is 128 Å². The molecule has 0 bridgehead atoms. The second-order valence-electron chi connectivity index (χ2n) is 4.53. The van der Waals surface area contributed by atoms with Crippen molar-refractivity contribution in [2.75, 3.05) is 13.7 Å². The molecule has 0 saturated carbocycles. The largest absolute Gasteiger partial charge is 0.383 e. The molecule has 6 heteroatoms. The van der Waals surface area contributed by atoms with Crippen LogP contribution in [0.2, 0.25) is 10.0 Å². The number of aromatic nitrogens is 2. The minimum atomic E-state index is -0.219. The molecule has 108 valence electrons. The molecule has 2 aromatic rings. The van der Waals surface area contributed by atoms with Crippen LogP contribution in [-0.4, -0.2) is 23.5 Å². The van der Waals surface area contributed by atoms with Crippen LogP contribution in [0.4, 0.5) is 0 Å². The van der Waals surface area contributed by atoms with Gasteiger partial charge in [-0.2, -0.15) is 5.10 Å². The van der Waals surface area contributed by atoms with Crippen molar-refractivity contribution in [3.8, 4) is 0 Å². The molecule has 1 aromatic carbocycles. The number of hydrogen-bond donors (Lipinski definition) is 1. The molecule has 1 unspecified atom stereocenters. The van der Waals surface area contributed by atoms with Crippen molar-refractivity contribution in [1.82, 2.24) is 9.78 Å². The smallest absolute Gasteiger partial charge is 0.0834 e. The molecule has 0 aliphatic carbocycles. The van der Waals surface area contributed by atoms with Gasteiger partial charge < -0.3 is 10.5 Å². The van der Waals surface area contributed by atoms with Gasteiger partial charge in [0.2, 0.25) is 0 Å². The molecular formula is C14H17Cl2N3O. The molecule has 20 heavy (non-hydrogen) atoms. The van der Waals surface area contributed by atoms with Gasteiger partial charge in [-0.25, -0.2) is 0 Å². The fourth-order valence-electron chi connectivity index (χ4n) is 2.07. The summed E-state index contributed by atoms with van der Waals surface area (Å²) in [6.45, 7) is 1.20. The number of halogens is 2. The first-order chi connectivity index (χ1) is 9.61.